The number of aromatic nitrogens is 1. The van der Waals surface area contributed by atoms with Crippen molar-refractivity contribution >= 4 is 17.7 Å². The van der Waals surface area contributed by atoms with Crippen LogP contribution in [0, 0.1) is 11.8 Å². The SMILES string of the molecule is O=C(NC1CCSC1)c1cncc(C#CCO)c1. The number of carbonyl (C=O) groups excluding carboxylic acids is 1. The largest absolute Gasteiger partial charge is 0.384 e. The predicted octanol–water partition coefficient (Wildman–Crippen LogP) is 0.661. The maximum atomic E-state index is 12.0. The van der Waals surface area contributed by atoms with Gasteiger partial charge in [-0.3, -0.25) is 9.78 Å². The first-order valence-corrected chi connectivity index (χ1v) is 6.88. The molecule has 94 valence electrons. The van der Waals surface area contributed by atoms with Crippen LogP contribution in [0.5, 0.6) is 0 Å². The summed E-state index contributed by atoms with van der Waals surface area (Å²) in [6.07, 6.45) is 4.13. The van der Waals surface area contributed by atoms with Gasteiger partial charge < -0.3 is 10.4 Å². The molecular weight excluding hydrogens is 248 g/mol. The first kappa shape index (κ1) is 12.9. The van der Waals surface area contributed by atoms with Crippen molar-refractivity contribution in [3.63, 3.8) is 0 Å². The summed E-state index contributed by atoms with van der Waals surface area (Å²) in [6, 6.07) is 1.95. The summed E-state index contributed by atoms with van der Waals surface area (Å²) in [4.78, 5) is 16.0. The van der Waals surface area contributed by atoms with Crippen LogP contribution in [0.25, 0.3) is 0 Å². The van der Waals surface area contributed by atoms with Gasteiger partial charge in [0, 0.05) is 29.8 Å². The van der Waals surface area contributed by atoms with Crippen LogP contribution in [0.15, 0.2) is 18.5 Å². The number of hydrogen-bond acceptors (Lipinski definition) is 4. The zero-order valence-corrected chi connectivity index (χ0v) is 10.7. The third kappa shape index (κ3) is 3.49. The van der Waals surface area contributed by atoms with Gasteiger partial charge in [-0.15, -0.1) is 0 Å². The average molecular weight is 262 g/mol. The van der Waals surface area contributed by atoms with E-state index in [2.05, 4.69) is 22.1 Å². The topological polar surface area (TPSA) is 62.2 Å². The summed E-state index contributed by atoms with van der Waals surface area (Å²) in [5, 5.41) is 11.6. The van der Waals surface area contributed by atoms with Crippen LogP contribution in [0.2, 0.25) is 0 Å². The maximum Gasteiger partial charge on any atom is 0.253 e. The number of rotatable bonds is 2. The number of thioether (sulfide) groups is 1. The van der Waals surface area contributed by atoms with Crippen LogP contribution in [-0.2, 0) is 0 Å². The average Bonchev–Trinajstić information content (AvgIpc) is 2.89. The number of aliphatic hydroxyl groups excluding tert-OH is 1. The Bertz CT molecular complexity index is 487. The second-order valence-corrected chi connectivity index (χ2v) is 5.11. The molecule has 1 saturated heterocycles. The third-order valence-corrected chi connectivity index (χ3v) is 3.74. The van der Waals surface area contributed by atoms with Gasteiger partial charge in [0.05, 0.1) is 5.56 Å². The molecule has 2 N–H and O–H groups in total. The van der Waals surface area contributed by atoms with E-state index in [4.69, 9.17) is 5.11 Å². The molecule has 1 aliphatic rings. The molecule has 2 heterocycles. The van der Waals surface area contributed by atoms with Gasteiger partial charge in [-0.25, -0.2) is 0 Å². The lowest BCUT2D eigenvalue weighted by Gasteiger charge is -2.10. The molecule has 1 unspecified atom stereocenters. The quantitative estimate of drug-likeness (QED) is 0.769. The van der Waals surface area contributed by atoms with Crippen molar-refractivity contribution in [3.8, 4) is 11.8 Å². The van der Waals surface area contributed by atoms with Gasteiger partial charge in [-0.2, -0.15) is 11.8 Å². The van der Waals surface area contributed by atoms with Crippen molar-refractivity contribution < 1.29 is 9.90 Å². The zero-order valence-electron chi connectivity index (χ0n) is 9.85. The Morgan fingerprint density at radius 3 is 3.22 bits per heavy atom. The number of aliphatic hydroxyl groups is 1. The van der Waals surface area contributed by atoms with Crippen molar-refractivity contribution in [1.29, 1.82) is 0 Å². The van der Waals surface area contributed by atoms with Crippen molar-refractivity contribution in [3.05, 3.63) is 29.6 Å². The molecule has 0 bridgehead atoms. The molecule has 5 heteroatoms. The molecule has 2 rings (SSSR count). The van der Waals surface area contributed by atoms with E-state index in [0.29, 0.717) is 11.1 Å². The summed E-state index contributed by atoms with van der Waals surface area (Å²) in [5.74, 6) is 7.24. The second kappa shape index (κ2) is 6.43. The number of pyridine rings is 1. The minimum atomic E-state index is -0.199. The Morgan fingerprint density at radius 1 is 1.61 bits per heavy atom. The summed E-state index contributed by atoms with van der Waals surface area (Å²) in [6.45, 7) is -0.199. The van der Waals surface area contributed by atoms with E-state index in [-0.39, 0.29) is 18.6 Å². The lowest BCUT2D eigenvalue weighted by Crippen LogP contribution is -2.34. The number of hydrogen-bond donors (Lipinski definition) is 2. The summed E-state index contributed by atoms with van der Waals surface area (Å²) < 4.78 is 0. The maximum absolute atomic E-state index is 12.0. The Morgan fingerprint density at radius 2 is 2.50 bits per heavy atom. The van der Waals surface area contributed by atoms with Crippen LogP contribution >= 0.6 is 11.8 Å². The molecule has 0 aromatic carbocycles. The fourth-order valence-electron chi connectivity index (χ4n) is 1.69. The van der Waals surface area contributed by atoms with Crippen LogP contribution in [-0.4, -0.2) is 40.2 Å². The molecular formula is C13H14N2O2S. The van der Waals surface area contributed by atoms with Gasteiger partial charge in [-0.1, -0.05) is 11.8 Å². The van der Waals surface area contributed by atoms with Crippen molar-refractivity contribution in [2.45, 2.75) is 12.5 Å². The lowest BCUT2D eigenvalue weighted by atomic mass is 10.2. The van der Waals surface area contributed by atoms with Gasteiger partial charge in [0.2, 0.25) is 0 Å². The Labute approximate surface area is 110 Å². The Balaban J connectivity index is 2.05. The van der Waals surface area contributed by atoms with Crippen LogP contribution < -0.4 is 5.32 Å². The first-order chi connectivity index (χ1) is 8.79. The second-order valence-electron chi connectivity index (χ2n) is 3.96. The van der Waals surface area contributed by atoms with Crippen molar-refractivity contribution in [1.82, 2.24) is 10.3 Å². The summed E-state index contributed by atoms with van der Waals surface area (Å²) >= 11 is 1.85. The van der Waals surface area contributed by atoms with E-state index in [1.807, 2.05) is 11.8 Å². The monoisotopic (exact) mass is 262 g/mol. The minimum absolute atomic E-state index is 0.109. The van der Waals surface area contributed by atoms with Gasteiger partial charge >= 0.3 is 0 Å². The number of nitrogens with zero attached hydrogens (tertiary/aromatic N) is 1. The van der Waals surface area contributed by atoms with Crippen LogP contribution in [0.4, 0.5) is 0 Å². The molecule has 18 heavy (non-hydrogen) atoms. The molecule has 1 aromatic rings. The fourth-order valence-corrected chi connectivity index (χ4v) is 2.84. The van der Waals surface area contributed by atoms with Gasteiger partial charge in [0.25, 0.3) is 5.91 Å². The highest BCUT2D eigenvalue weighted by Crippen LogP contribution is 2.17. The molecule has 1 amide bonds. The number of nitrogens with one attached hydrogen (secondary N) is 1. The molecule has 1 aromatic heterocycles. The molecule has 0 saturated carbocycles. The normalized spacial score (nSPS) is 17.9. The molecule has 0 spiro atoms. The number of amides is 1. The Kier molecular flexibility index (Phi) is 4.62. The summed E-state index contributed by atoms with van der Waals surface area (Å²) in [5.41, 5.74) is 1.15. The minimum Gasteiger partial charge on any atom is -0.384 e. The predicted molar refractivity (Wildman–Crippen MR) is 71.4 cm³/mol. The van der Waals surface area contributed by atoms with E-state index in [9.17, 15) is 4.79 Å². The van der Waals surface area contributed by atoms with Crippen LogP contribution in [0.1, 0.15) is 22.3 Å². The molecule has 0 radical (unpaired) electrons. The Hall–Kier alpha value is -1.51. The van der Waals surface area contributed by atoms with E-state index < -0.39 is 0 Å². The van der Waals surface area contributed by atoms with E-state index in [1.165, 1.54) is 6.20 Å². The van der Waals surface area contributed by atoms with Gasteiger partial charge in [-0.05, 0) is 18.2 Å². The number of carbonyl (C=O) groups is 1. The molecule has 1 aliphatic heterocycles. The van der Waals surface area contributed by atoms with E-state index in [1.54, 1.807) is 12.3 Å². The fraction of sp³-hybridized carbons (Fsp3) is 0.385. The molecule has 4 nitrogen and oxygen atoms in total. The first-order valence-electron chi connectivity index (χ1n) is 5.73. The zero-order chi connectivity index (χ0) is 12.8. The van der Waals surface area contributed by atoms with Gasteiger partial charge in [0.1, 0.15) is 6.61 Å². The van der Waals surface area contributed by atoms with Crippen molar-refractivity contribution in [2.75, 3.05) is 18.1 Å². The standard InChI is InChI=1S/C13H14N2O2S/c16-4-1-2-10-6-11(8-14-7-10)13(17)15-12-3-5-18-9-12/h6-8,12,16H,3-5,9H2,(H,15,17). The van der Waals surface area contributed by atoms with Crippen LogP contribution in [0.3, 0.4) is 0 Å². The third-order valence-electron chi connectivity index (χ3n) is 2.58. The molecule has 1 atom stereocenters. The lowest BCUT2D eigenvalue weighted by molar-refractivity contribution is 0.0940. The van der Waals surface area contributed by atoms with E-state index >= 15 is 0 Å². The van der Waals surface area contributed by atoms with Gasteiger partial charge in [0.15, 0.2) is 0 Å². The molecule has 0 aliphatic carbocycles. The highest BCUT2D eigenvalue weighted by Gasteiger charge is 2.18. The smallest absolute Gasteiger partial charge is 0.253 e. The molecule has 1 fully saturated rings. The highest BCUT2D eigenvalue weighted by atomic mass is 32.2. The van der Waals surface area contributed by atoms with E-state index in [0.717, 1.165) is 17.9 Å². The summed E-state index contributed by atoms with van der Waals surface area (Å²) in [7, 11) is 0. The highest BCUT2D eigenvalue weighted by molar-refractivity contribution is 7.99. The van der Waals surface area contributed by atoms with Crippen molar-refractivity contribution in [2.24, 2.45) is 0 Å².